The number of alkyl carbamates (subject to hydrolysis) is 1. The minimum atomic E-state index is -0.495. The molecule has 1 N–H and O–H groups in total. The quantitative estimate of drug-likeness (QED) is 0.700. The van der Waals surface area contributed by atoms with Crippen LogP contribution in [-0.4, -0.2) is 47.1 Å². The molecular formula is C20H26ClN3O3S2. The molecule has 2 amide bonds. The van der Waals surface area contributed by atoms with Crippen LogP contribution in [0.25, 0.3) is 9.88 Å². The van der Waals surface area contributed by atoms with Gasteiger partial charge in [0.25, 0.3) is 0 Å². The molecule has 0 unspecified atom stereocenters. The van der Waals surface area contributed by atoms with Gasteiger partial charge in [-0.1, -0.05) is 11.6 Å². The number of thiophene rings is 1. The lowest BCUT2D eigenvalue weighted by atomic mass is 9.96. The number of thiazole rings is 1. The number of carbonyl (C=O) groups is 2. The van der Waals surface area contributed by atoms with E-state index in [1.165, 1.54) is 22.7 Å². The maximum absolute atomic E-state index is 12.6. The molecule has 2 aromatic rings. The Morgan fingerprint density at radius 1 is 1.31 bits per heavy atom. The van der Waals surface area contributed by atoms with Gasteiger partial charge in [0.15, 0.2) is 0 Å². The lowest BCUT2D eigenvalue weighted by molar-refractivity contribution is -0.131. The van der Waals surface area contributed by atoms with Crippen LogP contribution in [0.3, 0.4) is 0 Å². The van der Waals surface area contributed by atoms with Gasteiger partial charge in [-0.2, -0.15) is 0 Å². The van der Waals surface area contributed by atoms with E-state index in [2.05, 4.69) is 10.3 Å². The van der Waals surface area contributed by atoms with Crippen molar-refractivity contribution < 1.29 is 14.3 Å². The van der Waals surface area contributed by atoms with Gasteiger partial charge in [-0.15, -0.1) is 22.7 Å². The molecule has 0 aromatic carbocycles. The zero-order valence-electron chi connectivity index (χ0n) is 16.9. The van der Waals surface area contributed by atoms with Crippen molar-refractivity contribution in [1.82, 2.24) is 15.2 Å². The number of aromatic nitrogens is 1. The summed E-state index contributed by atoms with van der Waals surface area (Å²) >= 11 is 9.01. The molecule has 0 spiro atoms. The van der Waals surface area contributed by atoms with Crippen LogP contribution in [-0.2, 0) is 16.0 Å². The topological polar surface area (TPSA) is 71.5 Å². The lowest BCUT2D eigenvalue weighted by Gasteiger charge is -2.32. The zero-order valence-corrected chi connectivity index (χ0v) is 19.3. The van der Waals surface area contributed by atoms with Crippen molar-refractivity contribution in [2.45, 2.75) is 45.6 Å². The van der Waals surface area contributed by atoms with E-state index < -0.39 is 5.60 Å². The predicted molar refractivity (Wildman–Crippen MR) is 118 cm³/mol. The molecule has 158 valence electrons. The summed E-state index contributed by atoms with van der Waals surface area (Å²) in [6.45, 7) is 7.52. The highest BCUT2D eigenvalue weighted by molar-refractivity contribution is 7.23. The van der Waals surface area contributed by atoms with Crippen LogP contribution in [0.2, 0.25) is 4.34 Å². The molecule has 0 radical (unpaired) electrons. The van der Waals surface area contributed by atoms with Crippen LogP contribution in [0.15, 0.2) is 17.5 Å². The Labute approximate surface area is 184 Å². The molecule has 0 atom stereocenters. The molecule has 0 saturated carbocycles. The molecule has 0 bridgehead atoms. The summed E-state index contributed by atoms with van der Waals surface area (Å²) in [5.41, 5.74) is 0.304. The van der Waals surface area contributed by atoms with Crippen molar-refractivity contribution in [1.29, 1.82) is 0 Å². The molecule has 6 nitrogen and oxygen atoms in total. The van der Waals surface area contributed by atoms with Gasteiger partial charge in [-0.25, -0.2) is 9.78 Å². The normalized spacial score (nSPS) is 15.4. The summed E-state index contributed by atoms with van der Waals surface area (Å²) < 4.78 is 6.00. The Morgan fingerprint density at radius 2 is 2.03 bits per heavy atom. The van der Waals surface area contributed by atoms with Gasteiger partial charge < -0.3 is 15.0 Å². The van der Waals surface area contributed by atoms with Gasteiger partial charge in [0.2, 0.25) is 5.91 Å². The molecule has 1 aliphatic heterocycles. The van der Waals surface area contributed by atoms with Gasteiger partial charge in [0.05, 0.1) is 21.3 Å². The first-order valence-electron chi connectivity index (χ1n) is 9.64. The summed E-state index contributed by atoms with van der Waals surface area (Å²) in [5.74, 6) is 0.464. The molecule has 29 heavy (non-hydrogen) atoms. The van der Waals surface area contributed by atoms with Crippen LogP contribution >= 0.6 is 34.3 Å². The molecule has 2 aromatic heterocycles. The van der Waals surface area contributed by atoms with Crippen molar-refractivity contribution in [2.24, 2.45) is 5.92 Å². The lowest BCUT2D eigenvalue weighted by Crippen LogP contribution is -2.42. The van der Waals surface area contributed by atoms with E-state index >= 15 is 0 Å². The predicted octanol–water partition coefficient (Wildman–Crippen LogP) is 4.83. The summed E-state index contributed by atoms with van der Waals surface area (Å²) in [5, 5.41) is 5.67. The minimum Gasteiger partial charge on any atom is -0.444 e. The largest absolute Gasteiger partial charge is 0.444 e. The van der Waals surface area contributed by atoms with Crippen LogP contribution < -0.4 is 5.32 Å². The molecule has 3 rings (SSSR count). The Bertz CT molecular complexity index is 851. The first kappa shape index (κ1) is 22.1. The monoisotopic (exact) mass is 455 g/mol. The minimum absolute atomic E-state index is 0.101. The number of nitrogens with one attached hydrogen (secondary N) is 1. The van der Waals surface area contributed by atoms with Crippen molar-refractivity contribution in [2.75, 3.05) is 19.6 Å². The second-order valence-corrected chi connectivity index (χ2v) is 10.7. The van der Waals surface area contributed by atoms with E-state index in [9.17, 15) is 9.59 Å². The SMILES string of the molecule is CC(C)(C)OC(=O)NCC1CCN(C(=O)Cc2csc(-c3ccc(Cl)s3)n2)CC1. The third-order valence-corrected chi connectivity index (χ3v) is 6.86. The molecule has 1 aliphatic rings. The van der Waals surface area contributed by atoms with Crippen LogP contribution in [0, 0.1) is 5.92 Å². The standard InChI is InChI=1S/C20H26ClN3O3S2/c1-20(2,3)27-19(26)22-11-13-6-8-24(9-7-13)17(25)10-14-12-28-18(23-14)15-4-5-16(21)29-15/h4-5,12-13H,6-11H2,1-3H3,(H,22,26). The number of hydrogen-bond donors (Lipinski definition) is 1. The fourth-order valence-electron chi connectivity index (χ4n) is 3.13. The number of carbonyl (C=O) groups excluding carboxylic acids is 2. The van der Waals surface area contributed by atoms with Crippen LogP contribution in [0.1, 0.15) is 39.3 Å². The summed E-state index contributed by atoms with van der Waals surface area (Å²) in [6.07, 6.45) is 1.67. The highest BCUT2D eigenvalue weighted by Gasteiger charge is 2.24. The van der Waals surface area contributed by atoms with Crippen LogP contribution in [0.5, 0.6) is 0 Å². The number of hydrogen-bond acceptors (Lipinski definition) is 6. The van der Waals surface area contributed by atoms with Crippen molar-refractivity contribution in [3.8, 4) is 9.88 Å². The zero-order chi connectivity index (χ0) is 21.0. The maximum atomic E-state index is 12.6. The summed E-state index contributed by atoms with van der Waals surface area (Å²) in [4.78, 5) is 31.9. The number of halogens is 1. The van der Waals surface area contributed by atoms with E-state index in [4.69, 9.17) is 16.3 Å². The number of likely N-dealkylation sites (tertiary alicyclic amines) is 1. The van der Waals surface area contributed by atoms with E-state index in [-0.39, 0.29) is 12.0 Å². The fourth-order valence-corrected chi connectivity index (χ4v) is 5.06. The van der Waals surface area contributed by atoms with E-state index in [1.54, 1.807) is 0 Å². The van der Waals surface area contributed by atoms with Crippen molar-refractivity contribution >= 4 is 46.3 Å². The first-order chi connectivity index (χ1) is 13.7. The molecule has 9 heteroatoms. The van der Waals surface area contributed by atoms with E-state index in [0.29, 0.717) is 32.0 Å². The van der Waals surface area contributed by atoms with Crippen LogP contribution in [0.4, 0.5) is 4.79 Å². The Balaban J connectivity index is 1.42. The van der Waals surface area contributed by atoms with Gasteiger partial charge in [-0.3, -0.25) is 4.79 Å². The Kier molecular flexibility index (Phi) is 7.19. The molecule has 0 aliphatic carbocycles. The van der Waals surface area contributed by atoms with E-state index in [0.717, 1.165) is 32.8 Å². The third-order valence-electron chi connectivity index (χ3n) is 4.57. The Hall–Kier alpha value is -1.64. The van der Waals surface area contributed by atoms with E-state index in [1.807, 2.05) is 43.2 Å². The average Bonchev–Trinajstić information content (AvgIpc) is 3.28. The average molecular weight is 456 g/mol. The van der Waals surface area contributed by atoms with Gasteiger partial charge in [0, 0.05) is 25.0 Å². The number of nitrogens with zero attached hydrogens (tertiary/aromatic N) is 2. The smallest absolute Gasteiger partial charge is 0.407 e. The summed E-state index contributed by atoms with van der Waals surface area (Å²) in [7, 11) is 0. The second-order valence-electron chi connectivity index (χ2n) is 8.13. The fraction of sp³-hybridized carbons (Fsp3) is 0.550. The highest BCUT2D eigenvalue weighted by atomic mass is 35.5. The van der Waals surface area contributed by atoms with Gasteiger partial charge in [0.1, 0.15) is 10.6 Å². The number of ether oxygens (including phenoxy) is 1. The van der Waals surface area contributed by atoms with Crippen molar-refractivity contribution in [3.05, 3.63) is 27.5 Å². The molecule has 3 heterocycles. The Morgan fingerprint density at radius 3 is 2.66 bits per heavy atom. The number of rotatable bonds is 5. The molecule has 1 saturated heterocycles. The summed E-state index contributed by atoms with van der Waals surface area (Å²) in [6, 6.07) is 3.81. The maximum Gasteiger partial charge on any atom is 0.407 e. The second kappa shape index (κ2) is 9.45. The van der Waals surface area contributed by atoms with Gasteiger partial charge >= 0.3 is 6.09 Å². The third kappa shape index (κ3) is 6.69. The van der Waals surface area contributed by atoms with Gasteiger partial charge in [-0.05, 0) is 51.7 Å². The number of amides is 2. The molecular weight excluding hydrogens is 430 g/mol. The highest BCUT2D eigenvalue weighted by Crippen LogP contribution is 2.33. The molecule has 1 fully saturated rings. The number of piperidine rings is 1. The van der Waals surface area contributed by atoms with Crippen molar-refractivity contribution in [3.63, 3.8) is 0 Å². The first-order valence-corrected chi connectivity index (χ1v) is 11.7.